The largest absolute Gasteiger partial charge is 0.489 e. The molecule has 2 aromatic carbocycles. The molecule has 0 aliphatic rings. The number of hydrogen-bond donors (Lipinski definition) is 1. The van der Waals surface area contributed by atoms with E-state index in [1.165, 1.54) is 12.1 Å². The fourth-order valence-corrected chi connectivity index (χ4v) is 2.45. The number of benzene rings is 2. The molecule has 21 heavy (non-hydrogen) atoms. The predicted octanol–water partition coefficient (Wildman–Crippen LogP) is 4.60. The molecule has 0 bridgehead atoms. The van der Waals surface area contributed by atoms with Gasteiger partial charge in [-0.3, -0.25) is 0 Å². The SMILES string of the molecule is CCNC(c1ccc(F)cc1)C(C)Oc1cccc(Cl)c1. The van der Waals surface area contributed by atoms with E-state index in [0.29, 0.717) is 5.02 Å². The van der Waals surface area contributed by atoms with Gasteiger partial charge in [-0.15, -0.1) is 0 Å². The summed E-state index contributed by atoms with van der Waals surface area (Å²) in [6.45, 7) is 4.81. The van der Waals surface area contributed by atoms with E-state index in [1.54, 1.807) is 24.3 Å². The lowest BCUT2D eigenvalue weighted by Gasteiger charge is -2.26. The first-order chi connectivity index (χ1) is 10.1. The van der Waals surface area contributed by atoms with Crippen molar-refractivity contribution in [3.8, 4) is 5.75 Å². The summed E-state index contributed by atoms with van der Waals surface area (Å²) in [4.78, 5) is 0. The molecule has 0 heterocycles. The lowest BCUT2D eigenvalue weighted by atomic mass is 10.0. The zero-order valence-electron chi connectivity index (χ0n) is 12.1. The van der Waals surface area contributed by atoms with Crippen molar-refractivity contribution in [2.75, 3.05) is 6.54 Å². The van der Waals surface area contributed by atoms with Crippen molar-refractivity contribution in [1.82, 2.24) is 5.32 Å². The molecule has 0 spiro atoms. The Hall–Kier alpha value is -1.58. The van der Waals surface area contributed by atoms with Crippen LogP contribution in [0.1, 0.15) is 25.5 Å². The average molecular weight is 308 g/mol. The molecule has 0 aliphatic carbocycles. The lowest BCUT2D eigenvalue weighted by molar-refractivity contribution is 0.171. The first-order valence-corrected chi connectivity index (χ1v) is 7.39. The lowest BCUT2D eigenvalue weighted by Crippen LogP contribution is -2.33. The second-order valence-corrected chi connectivity index (χ2v) is 5.30. The van der Waals surface area contributed by atoms with Gasteiger partial charge in [0.2, 0.25) is 0 Å². The molecule has 0 fully saturated rings. The normalized spacial score (nSPS) is 13.7. The summed E-state index contributed by atoms with van der Waals surface area (Å²) in [5.41, 5.74) is 0.993. The molecule has 2 rings (SSSR count). The van der Waals surface area contributed by atoms with Gasteiger partial charge in [-0.2, -0.15) is 0 Å². The molecular formula is C17H19ClFNO. The number of likely N-dealkylation sites (N-methyl/N-ethyl adjacent to an activating group) is 1. The molecule has 2 nitrogen and oxygen atoms in total. The standard InChI is InChI=1S/C17H19ClFNO/c1-3-20-17(13-7-9-15(19)10-8-13)12(2)21-16-6-4-5-14(18)11-16/h4-12,17,20H,3H2,1-2H3. The van der Waals surface area contributed by atoms with E-state index < -0.39 is 0 Å². The van der Waals surface area contributed by atoms with Gasteiger partial charge in [0, 0.05) is 5.02 Å². The summed E-state index contributed by atoms with van der Waals surface area (Å²) < 4.78 is 19.0. The van der Waals surface area contributed by atoms with Crippen LogP contribution in [0.15, 0.2) is 48.5 Å². The minimum atomic E-state index is -0.239. The Morgan fingerprint density at radius 2 is 1.90 bits per heavy atom. The number of halogens is 2. The Morgan fingerprint density at radius 1 is 1.19 bits per heavy atom. The molecule has 2 unspecified atom stereocenters. The van der Waals surface area contributed by atoms with Crippen molar-refractivity contribution in [2.24, 2.45) is 0 Å². The quantitative estimate of drug-likeness (QED) is 0.842. The molecule has 0 amide bonds. The third-order valence-corrected chi connectivity index (χ3v) is 3.48. The summed E-state index contributed by atoms with van der Waals surface area (Å²) >= 11 is 5.97. The van der Waals surface area contributed by atoms with E-state index >= 15 is 0 Å². The van der Waals surface area contributed by atoms with Gasteiger partial charge in [-0.25, -0.2) is 4.39 Å². The fourth-order valence-electron chi connectivity index (χ4n) is 2.27. The zero-order valence-corrected chi connectivity index (χ0v) is 12.9. The third-order valence-electron chi connectivity index (χ3n) is 3.24. The van der Waals surface area contributed by atoms with Crippen molar-refractivity contribution in [3.05, 3.63) is 64.9 Å². The van der Waals surface area contributed by atoms with Crippen LogP contribution in [0.4, 0.5) is 4.39 Å². The van der Waals surface area contributed by atoms with Gasteiger partial charge in [-0.05, 0) is 49.4 Å². The monoisotopic (exact) mass is 307 g/mol. The van der Waals surface area contributed by atoms with Crippen LogP contribution in [0.5, 0.6) is 5.75 Å². The second kappa shape index (κ2) is 7.43. The van der Waals surface area contributed by atoms with Crippen molar-refractivity contribution in [1.29, 1.82) is 0 Å². The maximum atomic E-state index is 13.1. The topological polar surface area (TPSA) is 21.3 Å². The number of nitrogens with one attached hydrogen (secondary N) is 1. The van der Waals surface area contributed by atoms with Crippen LogP contribution in [-0.2, 0) is 0 Å². The van der Waals surface area contributed by atoms with Gasteiger partial charge in [0.1, 0.15) is 17.7 Å². The van der Waals surface area contributed by atoms with Gasteiger partial charge in [-0.1, -0.05) is 36.7 Å². The van der Waals surface area contributed by atoms with E-state index in [9.17, 15) is 4.39 Å². The number of ether oxygens (including phenoxy) is 1. The first kappa shape index (κ1) is 15.8. The Balaban J connectivity index is 2.15. The van der Waals surface area contributed by atoms with E-state index in [0.717, 1.165) is 17.9 Å². The molecule has 2 atom stereocenters. The van der Waals surface area contributed by atoms with Gasteiger partial charge in [0.25, 0.3) is 0 Å². The summed E-state index contributed by atoms with van der Waals surface area (Å²) in [6, 6.07) is 13.8. The molecule has 1 N–H and O–H groups in total. The predicted molar refractivity (Wildman–Crippen MR) is 84.4 cm³/mol. The Labute approximate surface area is 129 Å². The highest BCUT2D eigenvalue weighted by Crippen LogP contribution is 2.24. The summed E-state index contributed by atoms with van der Waals surface area (Å²) in [5, 5.41) is 4.01. The van der Waals surface area contributed by atoms with Gasteiger partial charge in [0.15, 0.2) is 0 Å². The highest BCUT2D eigenvalue weighted by molar-refractivity contribution is 6.30. The smallest absolute Gasteiger partial charge is 0.123 e. The number of rotatable bonds is 6. The Kier molecular flexibility index (Phi) is 5.59. The highest BCUT2D eigenvalue weighted by Gasteiger charge is 2.20. The molecule has 0 aromatic heterocycles. The summed E-state index contributed by atoms with van der Waals surface area (Å²) in [5.74, 6) is 0.484. The van der Waals surface area contributed by atoms with Crippen molar-refractivity contribution < 1.29 is 9.13 Å². The van der Waals surface area contributed by atoms with E-state index in [-0.39, 0.29) is 18.0 Å². The molecule has 0 radical (unpaired) electrons. The van der Waals surface area contributed by atoms with Crippen LogP contribution in [0.25, 0.3) is 0 Å². The molecule has 2 aromatic rings. The third kappa shape index (κ3) is 4.45. The van der Waals surface area contributed by atoms with Gasteiger partial charge < -0.3 is 10.1 Å². The van der Waals surface area contributed by atoms with Crippen LogP contribution in [-0.4, -0.2) is 12.6 Å². The maximum absolute atomic E-state index is 13.1. The van der Waals surface area contributed by atoms with Crippen LogP contribution in [0.3, 0.4) is 0 Å². The molecular weight excluding hydrogens is 289 g/mol. The van der Waals surface area contributed by atoms with Crippen molar-refractivity contribution in [2.45, 2.75) is 26.0 Å². The molecule has 112 valence electrons. The van der Waals surface area contributed by atoms with E-state index in [4.69, 9.17) is 16.3 Å². The molecule has 0 saturated heterocycles. The van der Waals surface area contributed by atoms with Crippen LogP contribution >= 0.6 is 11.6 Å². The van der Waals surface area contributed by atoms with Gasteiger partial charge in [0.05, 0.1) is 6.04 Å². The Bertz CT molecular complexity index is 573. The molecule has 4 heteroatoms. The minimum Gasteiger partial charge on any atom is -0.489 e. The molecule has 0 saturated carbocycles. The van der Waals surface area contributed by atoms with Crippen LogP contribution in [0.2, 0.25) is 5.02 Å². The van der Waals surface area contributed by atoms with Crippen LogP contribution < -0.4 is 10.1 Å². The zero-order chi connectivity index (χ0) is 15.2. The summed E-state index contributed by atoms with van der Waals surface area (Å²) in [6.07, 6.45) is -0.117. The van der Waals surface area contributed by atoms with Crippen molar-refractivity contribution >= 4 is 11.6 Å². The van der Waals surface area contributed by atoms with Crippen LogP contribution in [0, 0.1) is 5.82 Å². The maximum Gasteiger partial charge on any atom is 0.123 e. The fraction of sp³-hybridized carbons (Fsp3) is 0.294. The average Bonchev–Trinajstić information content (AvgIpc) is 2.46. The Morgan fingerprint density at radius 3 is 2.52 bits per heavy atom. The van der Waals surface area contributed by atoms with Crippen molar-refractivity contribution in [3.63, 3.8) is 0 Å². The van der Waals surface area contributed by atoms with E-state index in [1.807, 2.05) is 26.0 Å². The van der Waals surface area contributed by atoms with E-state index in [2.05, 4.69) is 5.32 Å². The first-order valence-electron chi connectivity index (χ1n) is 7.01. The highest BCUT2D eigenvalue weighted by atomic mass is 35.5. The van der Waals surface area contributed by atoms with Gasteiger partial charge >= 0.3 is 0 Å². The minimum absolute atomic E-state index is 0.0189. The second-order valence-electron chi connectivity index (χ2n) is 4.87. The summed E-state index contributed by atoms with van der Waals surface area (Å²) in [7, 11) is 0. The molecule has 0 aliphatic heterocycles. The number of hydrogen-bond acceptors (Lipinski definition) is 2.